The molecule has 3 heterocycles. The van der Waals surface area contributed by atoms with E-state index in [1.165, 1.54) is 6.07 Å². The number of hydrogen-bond acceptors (Lipinski definition) is 3. The SMILES string of the molecule is Cc1nc2c(C)cccn2c1CC(=O)N1CCN(c2ccccc2F)CC1. The van der Waals surface area contributed by atoms with Gasteiger partial charge in [-0.05, 0) is 37.6 Å². The van der Waals surface area contributed by atoms with E-state index < -0.39 is 0 Å². The molecule has 1 aromatic carbocycles. The molecule has 1 aliphatic rings. The lowest BCUT2D eigenvalue weighted by molar-refractivity contribution is -0.130. The highest BCUT2D eigenvalue weighted by Gasteiger charge is 2.24. The Morgan fingerprint density at radius 3 is 2.56 bits per heavy atom. The zero-order valence-corrected chi connectivity index (χ0v) is 15.7. The predicted octanol–water partition coefficient (Wildman–Crippen LogP) is 2.98. The van der Waals surface area contributed by atoms with Crippen molar-refractivity contribution in [1.29, 1.82) is 0 Å². The van der Waals surface area contributed by atoms with Crippen molar-refractivity contribution < 1.29 is 9.18 Å². The minimum Gasteiger partial charge on any atom is -0.366 e. The van der Waals surface area contributed by atoms with E-state index in [1.54, 1.807) is 12.1 Å². The van der Waals surface area contributed by atoms with E-state index in [0.717, 1.165) is 22.6 Å². The van der Waals surface area contributed by atoms with Crippen LogP contribution in [0.15, 0.2) is 42.6 Å². The van der Waals surface area contributed by atoms with Gasteiger partial charge in [0.05, 0.1) is 23.5 Å². The highest BCUT2D eigenvalue weighted by Crippen LogP contribution is 2.21. The van der Waals surface area contributed by atoms with Crippen LogP contribution in [0.5, 0.6) is 0 Å². The van der Waals surface area contributed by atoms with Crippen LogP contribution in [0.2, 0.25) is 0 Å². The first-order valence-electron chi connectivity index (χ1n) is 9.25. The van der Waals surface area contributed by atoms with Crippen molar-refractivity contribution in [3.63, 3.8) is 0 Å². The second kappa shape index (κ2) is 7.02. The van der Waals surface area contributed by atoms with Crippen LogP contribution in [0.25, 0.3) is 5.65 Å². The van der Waals surface area contributed by atoms with Crippen LogP contribution < -0.4 is 4.90 Å². The smallest absolute Gasteiger partial charge is 0.228 e. The van der Waals surface area contributed by atoms with Gasteiger partial charge in [0.2, 0.25) is 5.91 Å². The number of para-hydroxylation sites is 1. The number of rotatable bonds is 3. The third kappa shape index (κ3) is 3.27. The number of nitrogens with zero attached hydrogens (tertiary/aromatic N) is 4. The molecule has 0 bridgehead atoms. The molecule has 1 fully saturated rings. The number of imidazole rings is 1. The fourth-order valence-corrected chi connectivity index (χ4v) is 3.74. The van der Waals surface area contributed by atoms with Gasteiger partial charge in [0.1, 0.15) is 11.5 Å². The average molecular weight is 366 g/mol. The molecule has 0 saturated carbocycles. The molecule has 0 atom stereocenters. The van der Waals surface area contributed by atoms with Crippen LogP contribution in [-0.2, 0) is 11.2 Å². The Morgan fingerprint density at radius 2 is 1.81 bits per heavy atom. The van der Waals surface area contributed by atoms with Gasteiger partial charge in [-0.25, -0.2) is 9.37 Å². The van der Waals surface area contributed by atoms with Crippen LogP contribution in [0.3, 0.4) is 0 Å². The first-order valence-corrected chi connectivity index (χ1v) is 9.25. The molecule has 0 N–H and O–H groups in total. The number of piperazine rings is 1. The number of hydrogen-bond donors (Lipinski definition) is 0. The quantitative estimate of drug-likeness (QED) is 0.716. The first-order chi connectivity index (χ1) is 13.0. The number of benzene rings is 1. The topological polar surface area (TPSA) is 40.9 Å². The molecule has 27 heavy (non-hydrogen) atoms. The standard InChI is InChI=1S/C21H23FN4O/c1-15-6-5-9-26-19(16(2)23-21(15)26)14-20(27)25-12-10-24(11-13-25)18-8-4-3-7-17(18)22/h3-9H,10-14H2,1-2H3. The molecule has 0 unspecified atom stereocenters. The van der Waals surface area contributed by atoms with Gasteiger partial charge in [0, 0.05) is 32.4 Å². The third-order valence-corrected chi connectivity index (χ3v) is 5.29. The van der Waals surface area contributed by atoms with E-state index >= 15 is 0 Å². The van der Waals surface area contributed by atoms with E-state index in [1.807, 2.05) is 52.4 Å². The van der Waals surface area contributed by atoms with E-state index in [0.29, 0.717) is 38.3 Å². The predicted molar refractivity (Wildman–Crippen MR) is 104 cm³/mol. The molecule has 4 rings (SSSR count). The molecule has 5 nitrogen and oxygen atoms in total. The highest BCUT2D eigenvalue weighted by atomic mass is 19.1. The lowest BCUT2D eigenvalue weighted by atomic mass is 10.2. The van der Waals surface area contributed by atoms with Crippen molar-refractivity contribution in [2.75, 3.05) is 31.1 Å². The number of halogens is 1. The Balaban J connectivity index is 1.46. The lowest BCUT2D eigenvalue weighted by Crippen LogP contribution is -2.49. The number of aromatic nitrogens is 2. The van der Waals surface area contributed by atoms with Crippen molar-refractivity contribution in [2.45, 2.75) is 20.3 Å². The Kier molecular flexibility index (Phi) is 4.56. The Hall–Kier alpha value is -2.89. The summed E-state index contributed by atoms with van der Waals surface area (Å²) < 4.78 is 16.0. The summed E-state index contributed by atoms with van der Waals surface area (Å²) >= 11 is 0. The molecule has 1 saturated heterocycles. The normalized spacial score (nSPS) is 14.8. The van der Waals surface area contributed by atoms with Gasteiger partial charge < -0.3 is 14.2 Å². The second-order valence-corrected chi connectivity index (χ2v) is 7.02. The molecular weight excluding hydrogens is 343 g/mol. The van der Waals surface area contributed by atoms with E-state index in [4.69, 9.17) is 0 Å². The number of carbonyl (C=O) groups is 1. The number of amides is 1. The monoisotopic (exact) mass is 366 g/mol. The fraction of sp³-hybridized carbons (Fsp3) is 0.333. The molecular formula is C21H23FN4O. The number of carbonyl (C=O) groups excluding carboxylic acids is 1. The van der Waals surface area contributed by atoms with Gasteiger partial charge in [-0.1, -0.05) is 18.2 Å². The maximum Gasteiger partial charge on any atom is 0.228 e. The van der Waals surface area contributed by atoms with Gasteiger partial charge in [-0.2, -0.15) is 0 Å². The molecule has 6 heteroatoms. The number of aryl methyl sites for hydroxylation is 2. The number of fused-ring (bicyclic) bond motifs is 1. The Morgan fingerprint density at radius 1 is 1.07 bits per heavy atom. The summed E-state index contributed by atoms with van der Waals surface area (Å²) in [6, 6.07) is 10.8. The van der Waals surface area contributed by atoms with Crippen molar-refractivity contribution >= 4 is 17.2 Å². The summed E-state index contributed by atoms with van der Waals surface area (Å²) in [4.78, 5) is 21.3. The first kappa shape index (κ1) is 17.5. The molecule has 1 aliphatic heterocycles. The largest absolute Gasteiger partial charge is 0.366 e. The zero-order chi connectivity index (χ0) is 19.0. The number of pyridine rings is 1. The summed E-state index contributed by atoms with van der Waals surface area (Å²) in [5.41, 5.74) is 4.44. The molecule has 1 amide bonds. The van der Waals surface area contributed by atoms with Crippen LogP contribution in [0, 0.1) is 19.7 Å². The number of anilines is 1. The average Bonchev–Trinajstić information content (AvgIpc) is 2.99. The van der Waals surface area contributed by atoms with Gasteiger partial charge in [0.25, 0.3) is 0 Å². The molecule has 0 aliphatic carbocycles. The van der Waals surface area contributed by atoms with Crippen molar-refractivity contribution in [3.8, 4) is 0 Å². The van der Waals surface area contributed by atoms with Crippen LogP contribution in [0.4, 0.5) is 10.1 Å². The van der Waals surface area contributed by atoms with E-state index in [2.05, 4.69) is 4.98 Å². The van der Waals surface area contributed by atoms with Crippen molar-refractivity contribution in [3.05, 3.63) is 65.4 Å². The molecule has 0 spiro atoms. The summed E-state index contributed by atoms with van der Waals surface area (Å²) in [6.07, 6.45) is 2.29. The van der Waals surface area contributed by atoms with Gasteiger partial charge >= 0.3 is 0 Å². The maximum absolute atomic E-state index is 14.0. The molecule has 0 radical (unpaired) electrons. The summed E-state index contributed by atoms with van der Waals surface area (Å²) in [5.74, 6) is -0.122. The Labute approximate surface area is 158 Å². The van der Waals surface area contributed by atoms with Crippen molar-refractivity contribution in [2.24, 2.45) is 0 Å². The van der Waals surface area contributed by atoms with E-state index in [-0.39, 0.29) is 11.7 Å². The third-order valence-electron chi connectivity index (χ3n) is 5.29. The Bertz CT molecular complexity index is 989. The lowest BCUT2D eigenvalue weighted by Gasteiger charge is -2.36. The fourth-order valence-electron chi connectivity index (χ4n) is 3.74. The van der Waals surface area contributed by atoms with Crippen LogP contribution >= 0.6 is 0 Å². The summed E-state index contributed by atoms with van der Waals surface area (Å²) in [5, 5.41) is 0. The molecule has 3 aromatic rings. The van der Waals surface area contributed by atoms with Gasteiger partial charge in [-0.3, -0.25) is 4.79 Å². The minimum absolute atomic E-state index is 0.0922. The van der Waals surface area contributed by atoms with Crippen LogP contribution in [-0.4, -0.2) is 46.4 Å². The molecule has 2 aromatic heterocycles. The maximum atomic E-state index is 14.0. The zero-order valence-electron chi connectivity index (χ0n) is 15.7. The van der Waals surface area contributed by atoms with Crippen LogP contribution in [0.1, 0.15) is 17.0 Å². The summed E-state index contributed by atoms with van der Waals surface area (Å²) in [7, 11) is 0. The van der Waals surface area contributed by atoms with Crippen molar-refractivity contribution in [1.82, 2.24) is 14.3 Å². The van der Waals surface area contributed by atoms with Gasteiger partial charge in [-0.15, -0.1) is 0 Å². The summed E-state index contributed by atoms with van der Waals surface area (Å²) in [6.45, 7) is 6.44. The molecule has 140 valence electrons. The highest BCUT2D eigenvalue weighted by molar-refractivity contribution is 5.79. The van der Waals surface area contributed by atoms with Gasteiger partial charge in [0.15, 0.2) is 0 Å². The minimum atomic E-state index is -0.214. The second-order valence-electron chi connectivity index (χ2n) is 7.02. The van der Waals surface area contributed by atoms with E-state index in [9.17, 15) is 9.18 Å².